The summed E-state index contributed by atoms with van der Waals surface area (Å²) in [7, 11) is -0.761. The van der Waals surface area contributed by atoms with Crippen molar-refractivity contribution in [3.05, 3.63) is 0 Å². The number of hydrogen-bond acceptors (Lipinski definition) is 3. The van der Waals surface area contributed by atoms with Crippen LogP contribution < -0.4 is 10.6 Å². The van der Waals surface area contributed by atoms with Crippen molar-refractivity contribution in [1.82, 2.24) is 10.6 Å². The molecule has 3 N–H and O–H groups in total. The molecule has 1 heterocycles. The van der Waals surface area contributed by atoms with E-state index in [2.05, 4.69) is 10.6 Å². The molecule has 0 radical (unpaired) electrons. The highest BCUT2D eigenvalue weighted by molar-refractivity contribution is 7.85. The summed E-state index contributed by atoms with van der Waals surface area (Å²) in [5.41, 5.74) is 0. The minimum Gasteiger partial charge on any atom is -0.480 e. The van der Waals surface area contributed by atoms with E-state index in [1.807, 2.05) is 0 Å². The van der Waals surface area contributed by atoms with Crippen molar-refractivity contribution >= 4 is 22.8 Å². The van der Waals surface area contributed by atoms with E-state index in [4.69, 9.17) is 5.11 Å². The van der Waals surface area contributed by atoms with Crippen LogP contribution >= 0.6 is 0 Å². The minimum absolute atomic E-state index is 0.000925. The van der Waals surface area contributed by atoms with Crippen molar-refractivity contribution in [2.75, 3.05) is 11.5 Å². The molecular formula is C10H18N2O4S. The van der Waals surface area contributed by atoms with Crippen molar-refractivity contribution in [2.24, 2.45) is 0 Å². The number of amides is 2. The van der Waals surface area contributed by atoms with Gasteiger partial charge < -0.3 is 15.7 Å². The number of rotatable bonds is 4. The molecule has 1 fully saturated rings. The highest BCUT2D eigenvalue weighted by atomic mass is 32.2. The van der Waals surface area contributed by atoms with E-state index in [0.29, 0.717) is 30.8 Å². The largest absolute Gasteiger partial charge is 0.480 e. The summed E-state index contributed by atoms with van der Waals surface area (Å²) in [5.74, 6) is 0.162. The predicted molar refractivity (Wildman–Crippen MR) is 64.3 cm³/mol. The van der Waals surface area contributed by atoms with Gasteiger partial charge in [-0.1, -0.05) is 6.92 Å². The third-order valence-electron chi connectivity index (χ3n) is 2.73. The zero-order chi connectivity index (χ0) is 12.8. The van der Waals surface area contributed by atoms with Gasteiger partial charge in [-0.25, -0.2) is 9.59 Å². The Morgan fingerprint density at radius 2 is 2.00 bits per heavy atom. The van der Waals surface area contributed by atoms with Crippen LogP contribution in [0.1, 0.15) is 26.2 Å². The second-order valence-corrected chi connectivity index (χ2v) is 5.74. The predicted octanol–water partition coefficient (Wildman–Crippen LogP) is 0.0599. The molecule has 1 atom stereocenters. The number of nitrogens with one attached hydrogen (secondary N) is 2. The van der Waals surface area contributed by atoms with Gasteiger partial charge in [0.1, 0.15) is 6.04 Å². The third kappa shape index (κ3) is 4.72. The molecule has 0 unspecified atom stereocenters. The van der Waals surface area contributed by atoms with Crippen LogP contribution in [0.2, 0.25) is 0 Å². The Bertz CT molecular complexity index is 311. The van der Waals surface area contributed by atoms with Gasteiger partial charge in [0.15, 0.2) is 0 Å². The summed E-state index contributed by atoms with van der Waals surface area (Å²) in [6.45, 7) is 1.70. The van der Waals surface area contributed by atoms with Gasteiger partial charge in [0.25, 0.3) is 0 Å². The van der Waals surface area contributed by atoms with E-state index in [9.17, 15) is 13.8 Å². The number of aliphatic carboxylic acids is 1. The number of urea groups is 1. The molecular weight excluding hydrogens is 244 g/mol. The second-order valence-electron chi connectivity index (χ2n) is 4.04. The van der Waals surface area contributed by atoms with Crippen LogP contribution in [-0.2, 0) is 15.6 Å². The van der Waals surface area contributed by atoms with Crippen LogP contribution in [0.15, 0.2) is 0 Å². The Balaban J connectivity index is 2.34. The molecule has 1 saturated heterocycles. The first-order valence-electron chi connectivity index (χ1n) is 5.67. The Kier molecular flexibility index (Phi) is 5.40. The lowest BCUT2D eigenvalue weighted by atomic mass is 10.1. The van der Waals surface area contributed by atoms with Crippen LogP contribution in [0, 0.1) is 0 Å². The third-order valence-corrected chi connectivity index (χ3v) is 4.12. The molecule has 0 bridgehead atoms. The van der Waals surface area contributed by atoms with Crippen molar-refractivity contribution in [3.8, 4) is 0 Å². The Morgan fingerprint density at radius 1 is 1.41 bits per heavy atom. The summed E-state index contributed by atoms with van der Waals surface area (Å²) in [6.07, 6.45) is 1.71. The zero-order valence-corrected chi connectivity index (χ0v) is 10.6. The first-order valence-corrected chi connectivity index (χ1v) is 7.16. The molecule has 0 aromatic heterocycles. The van der Waals surface area contributed by atoms with E-state index in [1.165, 1.54) is 0 Å². The van der Waals surface area contributed by atoms with Gasteiger partial charge in [0.2, 0.25) is 0 Å². The zero-order valence-electron chi connectivity index (χ0n) is 9.77. The molecule has 7 heteroatoms. The van der Waals surface area contributed by atoms with Gasteiger partial charge in [-0.3, -0.25) is 4.21 Å². The molecule has 0 saturated carbocycles. The van der Waals surface area contributed by atoms with Crippen LogP contribution in [0.3, 0.4) is 0 Å². The molecule has 2 amide bonds. The fourth-order valence-corrected chi connectivity index (χ4v) is 2.96. The van der Waals surface area contributed by atoms with Gasteiger partial charge in [0, 0.05) is 28.3 Å². The smallest absolute Gasteiger partial charge is 0.326 e. The topological polar surface area (TPSA) is 95.5 Å². The van der Waals surface area contributed by atoms with Gasteiger partial charge in [-0.05, 0) is 19.3 Å². The molecule has 98 valence electrons. The molecule has 17 heavy (non-hydrogen) atoms. The van der Waals surface area contributed by atoms with Crippen LogP contribution in [0.4, 0.5) is 4.79 Å². The highest BCUT2D eigenvalue weighted by Gasteiger charge is 2.22. The molecule has 0 aliphatic carbocycles. The summed E-state index contributed by atoms with van der Waals surface area (Å²) >= 11 is 0. The monoisotopic (exact) mass is 262 g/mol. The average molecular weight is 262 g/mol. The standard InChI is InChI=1S/C10H18N2O4S/c1-2-8(9(13)14)12-10(15)11-7-3-5-17(16)6-4-7/h7-8H,2-6H2,1H3,(H,13,14)(H2,11,12,15)/t7?,8-,17?/m0/s1. The fourth-order valence-electron chi connectivity index (χ4n) is 1.66. The Labute approximate surface area is 103 Å². The maximum atomic E-state index is 11.5. The number of hydrogen-bond donors (Lipinski definition) is 3. The minimum atomic E-state index is -1.03. The SMILES string of the molecule is CC[C@H](NC(=O)NC1CCS(=O)CC1)C(=O)O. The maximum Gasteiger partial charge on any atom is 0.326 e. The molecule has 0 aromatic rings. The number of carboxylic acids is 1. The molecule has 0 spiro atoms. The lowest BCUT2D eigenvalue weighted by Crippen LogP contribution is -2.50. The molecule has 1 aliphatic heterocycles. The molecule has 1 aliphatic rings. The Hall–Kier alpha value is -1.11. The maximum absolute atomic E-state index is 11.5. The number of carboxylic acid groups (broad SMARTS) is 1. The van der Waals surface area contributed by atoms with Crippen molar-refractivity contribution in [1.29, 1.82) is 0 Å². The van der Waals surface area contributed by atoms with E-state index in [-0.39, 0.29) is 6.04 Å². The highest BCUT2D eigenvalue weighted by Crippen LogP contribution is 2.08. The van der Waals surface area contributed by atoms with Crippen molar-refractivity contribution in [2.45, 2.75) is 38.3 Å². The van der Waals surface area contributed by atoms with Gasteiger partial charge in [-0.15, -0.1) is 0 Å². The summed E-state index contributed by atoms with van der Waals surface area (Å²) in [6, 6.07) is -1.32. The quantitative estimate of drug-likeness (QED) is 0.667. The molecule has 6 nitrogen and oxygen atoms in total. The van der Waals surface area contributed by atoms with Crippen LogP contribution in [-0.4, -0.2) is 44.9 Å². The van der Waals surface area contributed by atoms with E-state index < -0.39 is 28.8 Å². The fraction of sp³-hybridized carbons (Fsp3) is 0.800. The van der Waals surface area contributed by atoms with E-state index in [0.717, 1.165) is 0 Å². The summed E-state index contributed by atoms with van der Waals surface area (Å²) in [5, 5.41) is 13.9. The second kappa shape index (κ2) is 6.58. The Morgan fingerprint density at radius 3 is 2.47 bits per heavy atom. The van der Waals surface area contributed by atoms with E-state index >= 15 is 0 Å². The van der Waals surface area contributed by atoms with Crippen molar-refractivity contribution in [3.63, 3.8) is 0 Å². The summed E-state index contributed by atoms with van der Waals surface area (Å²) in [4.78, 5) is 22.2. The average Bonchev–Trinajstić information content (AvgIpc) is 2.28. The van der Waals surface area contributed by atoms with Crippen LogP contribution in [0.5, 0.6) is 0 Å². The number of carbonyl (C=O) groups is 2. The molecule has 1 rings (SSSR count). The van der Waals surface area contributed by atoms with Crippen molar-refractivity contribution < 1.29 is 18.9 Å². The van der Waals surface area contributed by atoms with E-state index in [1.54, 1.807) is 6.92 Å². The first kappa shape index (κ1) is 14.0. The van der Waals surface area contributed by atoms with Gasteiger partial charge in [-0.2, -0.15) is 0 Å². The summed E-state index contributed by atoms with van der Waals surface area (Å²) < 4.78 is 11.1. The van der Waals surface area contributed by atoms with Crippen LogP contribution in [0.25, 0.3) is 0 Å². The lowest BCUT2D eigenvalue weighted by Gasteiger charge is -2.23. The normalized spacial score (nSPS) is 25.9. The first-order chi connectivity index (χ1) is 8.02. The lowest BCUT2D eigenvalue weighted by molar-refractivity contribution is -0.139. The number of carbonyl (C=O) groups excluding carboxylic acids is 1. The van der Waals surface area contributed by atoms with Gasteiger partial charge >= 0.3 is 12.0 Å². The molecule has 0 aromatic carbocycles. The van der Waals surface area contributed by atoms with Gasteiger partial charge in [0.05, 0.1) is 0 Å².